The molecule has 1 aliphatic carbocycles. The molecular formula is C25H29N7O. The second-order valence-corrected chi connectivity index (χ2v) is 9.86. The molecule has 8 heteroatoms. The van der Waals surface area contributed by atoms with E-state index in [4.69, 9.17) is 10.1 Å². The zero-order chi connectivity index (χ0) is 23.3. The predicted octanol–water partition coefficient (Wildman–Crippen LogP) is 4.44. The molecule has 0 spiro atoms. The normalized spacial score (nSPS) is 15.1. The number of hydrogen-bond acceptors (Lipinski definition) is 5. The number of carbonyl (C=O) groups excluding carboxylic acids is 1. The maximum atomic E-state index is 13.5. The predicted molar refractivity (Wildman–Crippen MR) is 126 cm³/mol. The van der Waals surface area contributed by atoms with E-state index in [2.05, 4.69) is 36.2 Å². The van der Waals surface area contributed by atoms with Crippen molar-refractivity contribution in [3.63, 3.8) is 0 Å². The molecule has 0 bridgehead atoms. The van der Waals surface area contributed by atoms with Crippen LogP contribution in [-0.4, -0.2) is 35.4 Å². The Morgan fingerprint density at radius 2 is 1.91 bits per heavy atom. The Kier molecular flexibility index (Phi) is 5.03. The van der Waals surface area contributed by atoms with E-state index in [0.717, 1.165) is 46.5 Å². The van der Waals surface area contributed by atoms with Crippen LogP contribution < -0.4 is 5.32 Å². The van der Waals surface area contributed by atoms with E-state index in [0.29, 0.717) is 11.5 Å². The summed E-state index contributed by atoms with van der Waals surface area (Å²) in [6.45, 7) is 10.3. The molecule has 1 fully saturated rings. The van der Waals surface area contributed by atoms with E-state index in [9.17, 15) is 4.79 Å². The number of carbonyl (C=O) groups is 1. The maximum Gasteiger partial charge on any atom is 0.252 e. The van der Waals surface area contributed by atoms with E-state index in [1.54, 1.807) is 11.0 Å². The summed E-state index contributed by atoms with van der Waals surface area (Å²) in [7, 11) is 0. The van der Waals surface area contributed by atoms with E-state index in [1.807, 2.05) is 48.9 Å². The lowest BCUT2D eigenvalue weighted by molar-refractivity contribution is 0.0941. The fraction of sp³-hybridized carbons (Fsp3) is 0.400. The van der Waals surface area contributed by atoms with Crippen molar-refractivity contribution in [2.24, 2.45) is 0 Å². The van der Waals surface area contributed by atoms with Crippen molar-refractivity contribution in [2.75, 3.05) is 0 Å². The Labute approximate surface area is 193 Å². The van der Waals surface area contributed by atoms with E-state index in [1.165, 1.54) is 6.33 Å². The third-order valence-electron chi connectivity index (χ3n) is 6.13. The van der Waals surface area contributed by atoms with Gasteiger partial charge in [0.25, 0.3) is 5.91 Å². The number of benzene rings is 1. The number of hydrogen-bond donors (Lipinski definition) is 1. The Hall–Kier alpha value is -3.55. The van der Waals surface area contributed by atoms with Crippen LogP contribution in [0.15, 0.2) is 43.0 Å². The van der Waals surface area contributed by atoms with Crippen LogP contribution in [0, 0.1) is 6.92 Å². The first-order valence-corrected chi connectivity index (χ1v) is 11.4. The first-order valence-electron chi connectivity index (χ1n) is 11.4. The van der Waals surface area contributed by atoms with Crippen LogP contribution >= 0.6 is 0 Å². The zero-order valence-corrected chi connectivity index (χ0v) is 19.7. The van der Waals surface area contributed by atoms with Gasteiger partial charge in [0.2, 0.25) is 0 Å². The summed E-state index contributed by atoms with van der Waals surface area (Å²) in [5, 5.41) is 12.9. The summed E-state index contributed by atoms with van der Waals surface area (Å²) in [5.74, 6) is 0.333. The van der Waals surface area contributed by atoms with Crippen molar-refractivity contribution in [3.05, 3.63) is 65.5 Å². The lowest BCUT2D eigenvalue weighted by Gasteiger charge is -2.20. The van der Waals surface area contributed by atoms with Crippen LogP contribution in [0.3, 0.4) is 0 Å². The highest BCUT2D eigenvalue weighted by molar-refractivity contribution is 6.06. The van der Waals surface area contributed by atoms with Crippen LogP contribution in [0.4, 0.5) is 0 Å². The van der Waals surface area contributed by atoms with Crippen molar-refractivity contribution >= 4 is 16.9 Å². The summed E-state index contributed by atoms with van der Waals surface area (Å²) >= 11 is 0. The van der Waals surface area contributed by atoms with Gasteiger partial charge in [0.15, 0.2) is 5.65 Å². The molecule has 3 aromatic heterocycles. The second kappa shape index (κ2) is 7.79. The van der Waals surface area contributed by atoms with Crippen LogP contribution in [-0.2, 0) is 5.54 Å². The molecule has 33 heavy (non-hydrogen) atoms. The molecule has 1 unspecified atom stereocenters. The summed E-state index contributed by atoms with van der Waals surface area (Å²) in [6.07, 6.45) is 5.41. The molecule has 5 rings (SSSR count). The highest BCUT2D eigenvalue weighted by Gasteiger charge is 2.30. The van der Waals surface area contributed by atoms with E-state index in [-0.39, 0.29) is 17.5 Å². The molecule has 0 aliphatic heterocycles. The Balaban J connectivity index is 1.47. The van der Waals surface area contributed by atoms with Gasteiger partial charge in [0, 0.05) is 11.6 Å². The van der Waals surface area contributed by atoms with Gasteiger partial charge >= 0.3 is 0 Å². The molecule has 1 aliphatic rings. The average Bonchev–Trinajstić information content (AvgIpc) is 3.37. The van der Waals surface area contributed by atoms with E-state index >= 15 is 0 Å². The first-order chi connectivity index (χ1) is 15.7. The van der Waals surface area contributed by atoms with Gasteiger partial charge in [0.1, 0.15) is 12.7 Å². The molecule has 1 atom stereocenters. The van der Waals surface area contributed by atoms with Gasteiger partial charge in [-0.3, -0.25) is 4.79 Å². The Bertz CT molecular complexity index is 1310. The molecule has 8 nitrogen and oxygen atoms in total. The molecule has 1 saturated carbocycles. The van der Waals surface area contributed by atoms with E-state index < -0.39 is 0 Å². The lowest BCUT2D eigenvalue weighted by Crippen LogP contribution is -2.27. The number of aromatic nitrogens is 6. The van der Waals surface area contributed by atoms with Gasteiger partial charge in [-0.1, -0.05) is 12.1 Å². The van der Waals surface area contributed by atoms with Crippen LogP contribution in [0.2, 0.25) is 0 Å². The third kappa shape index (κ3) is 4.01. The SMILES string of the molecule is Cc1nn(C(C)(C)C)c2nc(C3CC3)cc(C(=O)NC(C)c3ccc(-n4cncn4)cc3)c12. The Morgan fingerprint density at radius 3 is 2.52 bits per heavy atom. The largest absolute Gasteiger partial charge is 0.345 e. The molecule has 3 heterocycles. The van der Waals surface area contributed by atoms with Crippen LogP contribution in [0.5, 0.6) is 0 Å². The molecule has 1 aromatic carbocycles. The molecule has 4 aromatic rings. The summed E-state index contributed by atoms with van der Waals surface area (Å²) < 4.78 is 3.66. The highest BCUT2D eigenvalue weighted by atomic mass is 16.1. The number of rotatable bonds is 5. The maximum absolute atomic E-state index is 13.5. The number of pyridine rings is 1. The number of nitrogens with one attached hydrogen (secondary N) is 1. The van der Waals surface area contributed by atoms with Crippen molar-refractivity contribution in [3.8, 4) is 5.69 Å². The van der Waals surface area contributed by atoms with Crippen molar-refractivity contribution < 1.29 is 4.79 Å². The molecule has 0 radical (unpaired) electrons. The first kappa shape index (κ1) is 21.3. The third-order valence-corrected chi connectivity index (χ3v) is 6.13. The quantitative estimate of drug-likeness (QED) is 0.492. The molecule has 1 N–H and O–H groups in total. The smallest absolute Gasteiger partial charge is 0.252 e. The minimum absolute atomic E-state index is 0.103. The lowest BCUT2D eigenvalue weighted by atomic mass is 10.0. The molecule has 170 valence electrons. The van der Waals surface area contributed by atoms with Gasteiger partial charge in [-0.15, -0.1) is 0 Å². The standard InChI is InChI=1S/C25H29N7O/c1-15(17-8-10-19(11-9-17)31-14-26-13-27-31)28-24(33)20-12-21(18-6-7-18)29-23-22(20)16(2)30-32(23)25(3,4)5/h8-15,18H,6-7H2,1-5H3,(H,28,33). The number of amides is 1. The summed E-state index contributed by atoms with van der Waals surface area (Å²) in [6, 6.07) is 9.76. The van der Waals surface area contributed by atoms with Gasteiger partial charge in [-0.05, 0) is 71.2 Å². The summed E-state index contributed by atoms with van der Waals surface area (Å²) in [4.78, 5) is 22.4. The molecular weight excluding hydrogens is 414 g/mol. The fourth-order valence-electron chi connectivity index (χ4n) is 4.16. The highest BCUT2D eigenvalue weighted by Crippen LogP contribution is 2.41. The second-order valence-electron chi connectivity index (χ2n) is 9.86. The number of nitrogens with zero attached hydrogens (tertiary/aromatic N) is 6. The topological polar surface area (TPSA) is 90.5 Å². The van der Waals surface area contributed by atoms with Gasteiger partial charge in [-0.2, -0.15) is 10.2 Å². The summed E-state index contributed by atoms with van der Waals surface area (Å²) in [5.41, 5.74) is 4.97. The minimum Gasteiger partial charge on any atom is -0.345 e. The van der Waals surface area contributed by atoms with Gasteiger partial charge in [0.05, 0.1) is 33.9 Å². The zero-order valence-electron chi connectivity index (χ0n) is 19.7. The number of aryl methyl sites for hydroxylation is 1. The van der Waals surface area contributed by atoms with Gasteiger partial charge in [-0.25, -0.2) is 19.3 Å². The van der Waals surface area contributed by atoms with Crippen molar-refractivity contribution in [1.82, 2.24) is 34.8 Å². The Morgan fingerprint density at radius 1 is 1.18 bits per heavy atom. The van der Waals surface area contributed by atoms with Crippen molar-refractivity contribution in [1.29, 1.82) is 0 Å². The van der Waals surface area contributed by atoms with Gasteiger partial charge < -0.3 is 5.32 Å². The fourth-order valence-corrected chi connectivity index (χ4v) is 4.16. The van der Waals surface area contributed by atoms with Crippen molar-refractivity contribution in [2.45, 2.75) is 65.0 Å². The molecule has 0 saturated heterocycles. The minimum atomic E-state index is -0.228. The molecule has 1 amide bonds. The van der Waals surface area contributed by atoms with Crippen LogP contribution in [0.1, 0.15) is 79.8 Å². The average molecular weight is 444 g/mol. The van der Waals surface area contributed by atoms with Crippen LogP contribution in [0.25, 0.3) is 16.7 Å². The monoisotopic (exact) mass is 443 g/mol. The number of fused-ring (bicyclic) bond motifs is 1.